The van der Waals surface area contributed by atoms with Gasteiger partial charge in [-0.05, 0) is 0 Å². The number of carbonyl (C=O) groups is 1. The van der Waals surface area contributed by atoms with Gasteiger partial charge in [-0.1, -0.05) is 0 Å². The van der Waals surface area contributed by atoms with Gasteiger partial charge >= 0.3 is 120 Å². The molecular weight excluding hydrogens is 321 g/mol. The molecule has 3 rings (SSSR count). The molecule has 0 amide bonds. The van der Waals surface area contributed by atoms with Gasteiger partial charge in [-0.15, -0.1) is 0 Å². The summed E-state index contributed by atoms with van der Waals surface area (Å²) in [5.41, 5.74) is 2.42. The zero-order valence-corrected chi connectivity index (χ0v) is 12.2. The van der Waals surface area contributed by atoms with Gasteiger partial charge in [-0.3, -0.25) is 0 Å². The predicted octanol–water partition coefficient (Wildman–Crippen LogP) is 1.72. The Morgan fingerprint density at radius 1 is 1.35 bits per heavy atom. The number of esters is 1. The monoisotopic (exact) mass is 331 g/mol. The van der Waals surface area contributed by atoms with E-state index in [9.17, 15) is 4.79 Å². The first kappa shape index (κ1) is 12.7. The van der Waals surface area contributed by atoms with Crippen LogP contribution in [0.15, 0.2) is 36.7 Å². The normalized spacial score (nSPS) is 10.4. The number of hydrogen-bond acceptors (Lipinski definition) is 4. The summed E-state index contributed by atoms with van der Waals surface area (Å²) in [5.74, 6) is -0.296. The van der Waals surface area contributed by atoms with E-state index in [0.29, 0.717) is 10.0 Å². The number of imidazole rings is 1. The Morgan fingerprint density at radius 3 is 2.70 bits per heavy atom. The van der Waals surface area contributed by atoms with E-state index in [0.717, 1.165) is 15.8 Å². The van der Waals surface area contributed by atoms with Gasteiger partial charge < -0.3 is 0 Å². The number of carbonyl (C=O) groups excluding carboxylic acids is 1. The molecule has 20 heavy (non-hydrogen) atoms. The van der Waals surface area contributed by atoms with Crippen LogP contribution in [-0.4, -0.2) is 37.0 Å². The molecule has 1 aromatic carbocycles. The number of methoxy groups -OCH3 is 1. The maximum absolute atomic E-state index is 11.5. The Labute approximate surface area is 120 Å². The molecule has 0 spiro atoms. The molecular formula is C14H9N3O2Se. The molecule has 0 aliphatic heterocycles. The Hall–Kier alpha value is -2.35. The van der Waals surface area contributed by atoms with Crippen molar-refractivity contribution >= 4 is 25.0 Å². The molecule has 0 saturated carbocycles. The van der Waals surface area contributed by atoms with E-state index >= 15 is 0 Å². The van der Waals surface area contributed by atoms with Crippen LogP contribution in [0.5, 0.6) is 0 Å². The molecule has 0 aliphatic rings. The van der Waals surface area contributed by atoms with Crippen molar-refractivity contribution in [3.8, 4) is 17.3 Å². The molecule has 3 aromatic rings. The molecule has 0 aliphatic carbocycles. The first-order valence-electron chi connectivity index (χ1n) is 5.78. The summed E-state index contributed by atoms with van der Waals surface area (Å²) in [4.78, 5) is 16.0. The van der Waals surface area contributed by atoms with Crippen molar-refractivity contribution in [2.75, 3.05) is 7.11 Å². The van der Waals surface area contributed by atoms with Gasteiger partial charge in [0.25, 0.3) is 0 Å². The van der Waals surface area contributed by atoms with Crippen molar-refractivity contribution in [2.24, 2.45) is 0 Å². The number of hydrogen-bond donors (Lipinski definition) is 0. The summed E-state index contributed by atoms with van der Waals surface area (Å²) in [7, 11) is 1.38. The zero-order chi connectivity index (χ0) is 14.1. The van der Waals surface area contributed by atoms with Crippen molar-refractivity contribution in [1.29, 1.82) is 5.26 Å². The standard InChI is InChI=1S/C14H9N3O2Se/c1-19-13(18)12-8-17-7-11(16-14(17)20-12)10-4-2-9(6-15)3-5-10/h2-5,7-8H,1H3. The number of nitriles is 1. The average Bonchev–Trinajstić information content (AvgIpc) is 3.05. The quantitative estimate of drug-likeness (QED) is 0.530. The zero-order valence-electron chi connectivity index (χ0n) is 10.5. The minimum absolute atomic E-state index is 0.127. The molecule has 0 saturated heterocycles. The van der Waals surface area contributed by atoms with E-state index in [2.05, 4.69) is 11.1 Å². The van der Waals surface area contributed by atoms with Crippen LogP contribution in [0.25, 0.3) is 15.8 Å². The first-order valence-corrected chi connectivity index (χ1v) is 7.50. The van der Waals surface area contributed by atoms with E-state index in [1.54, 1.807) is 18.3 Å². The summed E-state index contributed by atoms with van der Waals surface area (Å²) in [6, 6.07) is 9.35. The third kappa shape index (κ3) is 2.14. The van der Waals surface area contributed by atoms with E-state index in [1.807, 2.05) is 22.7 Å². The van der Waals surface area contributed by atoms with Crippen molar-refractivity contribution in [3.05, 3.63) is 46.7 Å². The van der Waals surface area contributed by atoms with E-state index in [4.69, 9.17) is 10.00 Å². The summed E-state index contributed by atoms with van der Waals surface area (Å²) in [6.45, 7) is 0. The van der Waals surface area contributed by atoms with Crippen LogP contribution in [0, 0.1) is 11.3 Å². The predicted molar refractivity (Wildman–Crippen MR) is 73.6 cm³/mol. The van der Waals surface area contributed by atoms with Crippen LogP contribution in [0.2, 0.25) is 0 Å². The first-order chi connectivity index (χ1) is 9.71. The molecule has 0 unspecified atom stereocenters. The van der Waals surface area contributed by atoms with Crippen LogP contribution in [0.4, 0.5) is 0 Å². The van der Waals surface area contributed by atoms with Gasteiger partial charge in [0.2, 0.25) is 0 Å². The van der Waals surface area contributed by atoms with E-state index in [-0.39, 0.29) is 20.5 Å². The van der Waals surface area contributed by atoms with Crippen molar-refractivity contribution in [2.45, 2.75) is 0 Å². The molecule has 0 fully saturated rings. The Bertz CT molecular complexity index is 793. The Balaban J connectivity index is 1.99. The van der Waals surface area contributed by atoms with Crippen LogP contribution in [0.3, 0.4) is 0 Å². The molecule has 0 bridgehead atoms. The van der Waals surface area contributed by atoms with Gasteiger partial charge in [0, 0.05) is 0 Å². The Kier molecular flexibility index (Phi) is 3.15. The number of ether oxygens (including phenoxy) is 1. The number of benzene rings is 1. The molecule has 0 N–H and O–H groups in total. The van der Waals surface area contributed by atoms with Gasteiger partial charge in [-0.2, -0.15) is 0 Å². The topological polar surface area (TPSA) is 67.4 Å². The molecule has 2 heterocycles. The molecule has 2 aromatic heterocycles. The molecule has 98 valence electrons. The number of nitrogens with zero attached hydrogens (tertiary/aromatic N) is 3. The van der Waals surface area contributed by atoms with Crippen LogP contribution in [-0.2, 0) is 4.74 Å². The third-order valence-corrected chi connectivity index (χ3v) is 4.90. The molecule has 5 nitrogen and oxygen atoms in total. The SMILES string of the molecule is COC(=O)c1cn2cc(-c3ccc(C#N)cc3)nc2[se]1. The van der Waals surface area contributed by atoms with Crippen molar-refractivity contribution < 1.29 is 9.53 Å². The second-order valence-electron chi connectivity index (χ2n) is 4.09. The molecule has 6 heteroatoms. The summed E-state index contributed by atoms with van der Waals surface area (Å²) < 4.78 is 8.11. The third-order valence-electron chi connectivity index (χ3n) is 2.85. The van der Waals surface area contributed by atoms with Gasteiger partial charge in [0.05, 0.1) is 0 Å². The van der Waals surface area contributed by atoms with Gasteiger partial charge in [0.15, 0.2) is 0 Å². The summed E-state index contributed by atoms with van der Waals surface area (Å²) in [5, 5.41) is 8.78. The number of fused-ring (bicyclic) bond motifs is 1. The van der Waals surface area contributed by atoms with Crippen LogP contribution >= 0.6 is 0 Å². The molecule has 0 atom stereocenters. The maximum atomic E-state index is 11.5. The summed E-state index contributed by atoms with van der Waals surface area (Å²) in [6.07, 6.45) is 3.65. The fourth-order valence-corrected chi connectivity index (χ4v) is 3.70. The number of rotatable bonds is 2. The van der Waals surface area contributed by atoms with Crippen molar-refractivity contribution in [1.82, 2.24) is 9.38 Å². The fraction of sp³-hybridized carbons (Fsp3) is 0.0714. The number of aromatic nitrogens is 2. The minimum atomic E-state index is -0.296. The van der Waals surface area contributed by atoms with E-state index in [1.165, 1.54) is 7.11 Å². The van der Waals surface area contributed by atoms with E-state index < -0.39 is 0 Å². The Morgan fingerprint density at radius 2 is 2.10 bits per heavy atom. The van der Waals surface area contributed by atoms with Gasteiger partial charge in [0.1, 0.15) is 0 Å². The van der Waals surface area contributed by atoms with Crippen LogP contribution in [0.1, 0.15) is 14.8 Å². The second kappa shape index (κ2) is 4.97. The average molecular weight is 330 g/mol. The molecule has 0 radical (unpaired) electrons. The van der Waals surface area contributed by atoms with Crippen molar-refractivity contribution in [3.63, 3.8) is 0 Å². The summed E-state index contributed by atoms with van der Waals surface area (Å²) >= 11 is -0.127. The van der Waals surface area contributed by atoms with Gasteiger partial charge in [-0.25, -0.2) is 0 Å². The second-order valence-corrected chi connectivity index (χ2v) is 6.21. The fourth-order valence-electron chi connectivity index (χ4n) is 1.85. The van der Waals surface area contributed by atoms with Crippen LogP contribution < -0.4 is 0 Å².